The Bertz CT molecular complexity index is 561. The van der Waals surface area contributed by atoms with Gasteiger partial charge in [-0.2, -0.15) is 18.4 Å². The van der Waals surface area contributed by atoms with Gasteiger partial charge in [0.25, 0.3) is 0 Å². The summed E-state index contributed by atoms with van der Waals surface area (Å²) < 4.78 is 40.8. The van der Waals surface area contributed by atoms with Gasteiger partial charge in [0.1, 0.15) is 11.8 Å². The van der Waals surface area contributed by atoms with Crippen LogP contribution in [0.3, 0.4) is 0 Å². The molecule has 0 saturated heterocycles. The van der Waals surface area contributed by atoms with E-state index >= 15 is 0 Å². The molecular formula is C11H7F3N2O3. The summed E-state index contributed by atoms with van der Waals surface area (Å²) in [5.41, 5.74) is -0.572. The van der Waals surface area contributed by atoms with E-state index in [-0.39, 0.29) is 17.0 Å². The Labute approximate surface area is 105 Å². The van der Waals surface area contributed by atoms with Crippen LogP contribution >= 0.6 is 0 Å². The highest BCUT2D eigenvalue weighted by molar-refractivity contribution is 5.96. The Kier molecular flexibility index (Phi) is 4.11. The highest BCUT2D eigenvalue weighted by Crippen LogP contribution is 2.24. The van der Waals surface area contributed by atoms with Crippen molar-refractivity contribution in [3.63, 3.8) is 0 Å². The molecule has 0 heterocycles. The number of hydrogen-bond acceptors (Lipinski definition) is 4. The summed E-state index contributed by atoms with van der Waals surface area (Å²) in [6.45, 7) is 1.13. The predicted octanol–water partition coefficient (Wildman–Crippen LogP) is 1.98. The van der Waals surface area contributed by atoms with Crippen LogP contribution in [0.15, 0.2) is 18.2 Å². The maximum absolute atomic E-state index is 12.1. The van der Waals surface area contributed by atoms with E-state index in [4.69, 9.17) is 5.26 Å². The molecule has 19 heavy (non-hydrogen) atoms. The van der Waals surface area contributed by atoms with Gasteiger partial charge in [0, 0.05) is 13.0 Å². The number of esters is 1. The molecule has 0 bridgehead atoms. The SMILES string of the molecule is CC(=O)Oc1ccc(NC(=O)C(F)(F)F)c(C#N)c1. The highest BCUT2D eigenvalue weighted by Gasteiger charge is 2.39. The third-order valence-electron chi connectivity index (χ3n) is 1.88. The number of carbonyl (C=O) groups is 2. The van der Waals surface area contributed by atoms with E-state index in [1.165, 1.54) is 0 Å². The summed E-state index contributed by atoms with van der Waals surface area (Å²) >= 11 is 0. The van der Waals surface area contributed by atoms with Gasteiger partial charge in [0.05, 0.1) is 11.3 Å². The molecule has 100 valence electrons. The summed E-state index contributed by atoms with van der Waals surface area (Å²) in [5, 5.41) is 10.3. The van der Waals surface area contributed by atoms with Gasteiger partial charge in [-0.3, -0.25) is 9.59 Å². The van der Waals surface area contributed by atoms with Gasteiger partial charge in [-0.25, -0.2) is 0 Å². The molecule has 0 spiro atoms. The number of carbonyl (C=O) groups excluding carboxylic acids is 2. The average molecular weight is 272 g/mol. The molecule has 0 aliphatic carbocycles. The summed E-state index contributed by atoms with van der Waals surface area (Å²) in [6.07, 6.45) is -5.05. The van der Waals surface area contributed by atoms with Crippen molar-refractivity contribution in [3.8, 4) is 11.8 Å². The number of nitrogens with one attached hydrogen (secondary N) is 1. The predicted molar refractivity (Wildman–Crippen MR) is 57.2 cm³/mol. The molecular weight excluding hydrogens is 265 g/mol. The van der Waals surface area contributed by atoms with Crippen molar-refractivity contribution in [2.75, 3.05) is 5.32 Å². The number of ether oxygens (including phenoxy) is 1. The van der Waals surface area contributed by atoms with Crippen LogP contribution in [-0.4, -0.2) is 18.1 Å². The van der Waals surface area contributed by atoms with E-state index in [1.54, 1.807) is 11.4 Å². The van der Waals surface area contributed by atoms with Crippen molar-refractivity contribution in [2.24, 2.45) is 0 Å². The van der Waals surface area contributed by atoms with Gasteiger partial charge < -0.3 is 10.1 Å². The number of halogens is 3. The monoisotopic (exact) mass is 272 g/mol. The molecule has 1 rings (SSSR count). The van der Waals surface area contributed by atoms with E-state index in [9.17, 15) is 22.8 Å². The molecule has 0 saturated carbocycles. The number of benzene rings is 1. The standard InChI is InChI=1S/C11H7F3N2O3/c1-6(17)19-8-2-3-9(7(4-8)5-15)16-10(18)11(12,13)14/h2-4H,1H3,(H,16,18). The molecule has 8 heteroatoms. The molecule has 0 unspecified atom stereocenters. The van der Waals surface area contributed by atoms with Gasteiger partial charge >= 0.3 is 18.1 Å². The van der Waals surface area contributed by atoms with Crippen LogP contribution in [-0.2, 0) is 9.59 Å². The number of nitriles is 1. The normalized spacial score (nSPS) is 10.5. The van der Waals surface area contributed by atoms with Crippen molar-refractivity contribution >= 4 is 17.6 Å². The summed E-state index contributed by atoms with van der Waals surface area (Å²) in [5.74, 6) is -2.84. The first-order chi connectivity index (χ1) is 8.74. The molecule has 5 nitrogen and oxygen atoms in total. The van der Waals surface area contributed by atoms with Crippen molar-refractivity contribution in [1.82, 2.24) is 0 Å². The van der Waals surface area contributed by atoms with Crippen LogP contribution < -0.4 is 10.1 Å². The van der Waals surface area contributed by atoms with Gasteiger partial charge in [-0.1, -0.05) is 0 Å². The van der Waals surface area contributed by atoms with Crippen LogP contribution in [0.25, 0.3) is 0 Å². The Hall–Kier alpha value is -2.56. The molecule has 1 aromatic rings. The van der Waals surface area contributed by atoms with Crippen LogP contribution in [0.5, 0.6) is 5.75 Å². The highest BCUT2D eigenvalue weighted by atomic mass is 19.4. The third kappa shape index (κ3) is 3.99. The zero-order valence-electron chi connectivity index (χ0n) is 9.54. The van der Waals surface area contributed by atoms with Crippen molar-refractivity contribution < 1.29 is 27.5 Å². The minimum absolute atomic E-state index is 0.00550. The van der Waals surface area contributed by atoms with Crippen LogP contribution in [0, 0.1) is 11.3 Å². The summed E-state index contributed by atoms with van der Waals surface area (Å²) in [4.78, 5) is 21.4. The number of anilines is 1. The zero-order chi connectivity index (χ0) is 14.6. The molecule has 0 atom stereocenters. The Morgan fingerprint density at radius 2 is 2.00 bits per heavy atom. The number of alkyl halides is 3. The summed E-state index contributed by atoms with van der Waals surface area (Å²) in [7, 11) is 0. The van der Waals surface area contributed by atoms with E-state index in [2.05, 4.69) is 4.74 Å². The van der Waals surface area contributed by atoms with Crippen molar-refractivity contribution in [3.05, 3.63) is 23.8 Å². The van der Waals surface area contributed by atoms with E-state index in [0.717, 1.165) is 25.1 Å². The maximum atomic E-state index is 12.1. The van der Waals surface area contributed by atoms with E-state index in [0.29, 0.717) is 0 Å². The third-order valence-corrected chi connectivity index (χ3v) is 1.88. The maximum Gasteiger partial charge on any atom is 0.471 e. The van der Waals surface area contributed by atoms with Crippen molar-refractivity contribution in [1.29, 1.82) is 5.26 Å². The second-order valence-corrected chi connectivity index (χ2v) is 3.36. The smallest absolute Gasteiger partial charge is 0.427 e. The van der Waals surface area contributed by atoms with Gasteiger partial charge in [-0.05, 0) is 12.1 Å². The van der Waals surface area contributed by atoms with Gasteiger partial charge in [0.2, 0.25) is 0 Å². The largest absolute Gasteiger partial charge is 0.471 e. The second kappa shape index (κ2) is 5.39. The molecule has 0 aliphatic rings. The van der Waals surface area contributed by atoms with Crippen LogP contribution in [0.2, 0.25) is 0 Å². The number of hydrogen-bond donors (Lipinski definition) is 1. The van der Waals surface area contributed by atoms with Crippen LogP contribution in [0.1, 0.15) is 12.5 Å². The van der Waals surface area contributed by atoms with Gasteiger partial charge in [-0.15, -0.1) is 0 Å². The quantitative estimate of drug-likeness (QED) is 0.659. The fraction of sp³-hybridized carbons (Fsp3) is 0.182. The first-order valence-electron chi connectivity index (χ1n) is 4.85. The van der Waals surface area contributed by atoms with Crippen molar-refractivity contribution in [2.45, 2.75) is 13.1 Å². The fourth-order valence-corrected chi connectivity index (χ4v) is 1.15. The number of nitrogens with zero attached hydrogens (tertiary/aromatic N) is 1. The Morgan fingerprint density at radius 1 is 1.37 bits per heavy atom. The molecule has 0 aliphatic heterocycles. The Balaban J connectivity index is 3.01. The number of rotatable bonds is 2. The van der Waals surface area contributed by atoms with Gasteiger partial charge in [0.15, 0.2) is 0 Å². The molecule has 1 amide bonds. The van der Waals surface area contributed by atoms with E-state index in [1.807, 2.05) is 0 Å². The second-order valence-electron chi connectivity index (χ2n) is 3.36. The molecule has 0 fully saturated rings. The minimum Gasteiger partial charge on any atom is -0.427 e. The first kappa shape index (κ1) is 14.5. The minimum atomic E-state index is -5.05. The summed E-state index contributed by atoms with van der Waals surface area (Å²) in [6, 6.07) is 4.84. The number of amides is 1. The molecule has 0 aromatic heterocycles. The lowest BCUT2D eigenvalue weighted by molar-refractivity contribution is -0.167. The van der Waals surface area contributed by atoms with E-state index < -0.39 is 18.1 Å². The zero-order valence-corrected chi connectivity index (χ0v) is 9.54. The fourth-order valence-electron chi connectivity index (χ4n) is 1.15. The molecule has 1 aromatic carbocycles. The topological polar surface area (TPSA) is 79.2 Å². The average Bonchev–Trinajstić information content (AvgIpc) is 2.29. The lowest BCUT2D eigenvalue weighted by atomic mass is 10.2. The lowest BCUT2D eigenvalue weighted by Crippen LogP contribution is -2.30. The lowest BCUT2D eigenvalue weighted by Gasteiger charge is -2.10. The molecule has 1 N–H and O–H groups in total. The molecule has 0 radical (unpaired) electrons. The van der Waals surface area contributed by atoms with Crippen LogP contribution in [0.4, 0.5) is 18.9 Å². The first-order valence-corrected chi connectivity index (χ1v) is 4.85. The Morgan fingerprint density at radius 3 is 2.47 bits per heavy atom.